The fraction of sp³-hybridized carbons (Fsp3) is 0.286. The zero-order chi connectivity index (χ0) is 13.3. The summed E-state index contributed by atoms with van der Waals surface area (Å²) >= 11 is 1.70. The van der Waals surface area contributed by atoms with Crippen LogP contribution in [0.1, 0.15) is 25.6 Å². The topological polar surface area (TPSA) is 40.5 Å². The molecule has 0 aliphatic carbocycles. The first kappa shape index (κ1) is 13.3. The van der Waals surface area contributed by atoms with Crippen LogP contribution in [0, 0.1) is 0 Å². The van der Waals surface area contributed by atoms with Gasteiger partial charge in [0.05, 0.1) is 0 Å². The van der Waals surface area contributed by atoms with Crippen LogP contribution >= 0.6 is 11.3 Å². The molecule has 0 aliphatic rings. The van der Waals surface area contributed by atoms with Crippen molar-refractivity contribution in [2.45, 2.75) is 26.2 Å². The summed E-state index contributed by atoms with van der Waals surface area (Å²) in [4.78, 5) is 2.36. The summed E-state index contributed by atoms with van der Waals surface area (Å²) in [5, 5.41) is 18.8. The van der Waals surface area contributed by atoms with Crippen LogP contribution in [0.4, 0.5) is 0 Å². The van der Waals surface area contributed by atoms with E-state index < -0.39 is 7.12 Å². The molecule has 0 bridgehead atoms. The molecule has 0 spiro atoms. The third kappa shape index (κ3) is 2.66. The summed E-state index contributed by atoms with van der Waals surface area (Å²) in [5.41, 5.74) is 1.57. The van der Waals surface area contributed by atoms with Crippen LogP contribution in [-0.2, 0) is 5.41 Å². The summed E-state index contributed by atoms with van der Waals surface area (Å²) in [7, 11) is -1.43. The van der Waals surface area contributed by atoms with Gasteiger partial charge in [-0.15, -0.1) is 11.3 Å². The van der Waals surface area contributed by atoms with E-state index in [9.17, 15) is 10.0 Å². The van der Waals surface area contributed by atoms with E-state index in [-0.39, 0.29) is 5.41 Å². The lowest BCUT2D eigenvalue weighted by atomic mass is 9.77. The van der Waals surface area contributed by atoms with Gasteiger partial charge in [-0.1, -0.05) is 45.0 Å². The van der Waals surface area contributed by atoms with E-state index in [0.29, 0.717) is 5.46 Å². The highest BCUT2D eigenvalue weighted by Crippen LogP contribution is 2.34. The highest BCUT2D eigenvalue weighted by atomic mass is 32.1. The predicted octanol–water partition coefficient (Wildman–Crippen LogP) is 2.39. The molecule has 0 unspecified atom stereocenters. The Hall–Kier alpha value is -1.10. The second-order valence-corrected chi connectivity index (χ2v) is 6.46. The highest BCUT2D eigenvalue weighted by molar-refractivity contribution is 7.15. The van der Waals surface area contributed by atoms with Crippen LogP contribution in [0.2, 0.25) is 0 Å². The van der Waals surface area contributed by atoms with E-state index in [2.05, 4.69) is 26.8 Å². The Bertz CT molecular complexity index is 541. The molecule has 4 heteroatoms. The standard InChI is InChI=1S/C14H17BO2S/c1-14(2,3)13-9-8-12(18-13)10-6-4-5-7-11(10)15(16)17/h4-9,16-17H,1-3H3. The van der Waals surface area contributed by atoms with Crippen molar-refractivity contribution in [3.63, 3.8) is 0 Å². The second-order valence-electron chi connectivity index (χ2n) is 5.37. The first-order chi connectivity index (χ1) is 8.39. The van der Waals surface area contributed by atoms with Gasteiger partial charge in [0.15, 0.2) is 0 Å². The van der Waals surface area contributed by atoms with Crippen LogP contribution in [0.15, 0.2) is 36.4 Å². The van der Waals surface area contributed by atoms with Gasteiger partial charge < -0.3 is 10.0 Å². The normalized spacial score (nSPS) is 11.6. The Morgan fingerprint density at radius 3 is 2.22 bits per heavy atom. The van der Waals surface area contributed by atoms with Crippen LogP contribution in [0.3, 0.4) is 0 Å². The highest BCUT2D eigenvalue weighted by Gasteiger charge is 2.20. The van der Waals surface area contributed by atoms with Gasteiger partial charge in [-0.05, 0) is 28.6 Å². The summed E-state index contributed by atoms with van der Waals surface area (Å²) in [6.07, 6.45) is 0. The summed E-state index contributed by atoms with van der Waals surface area (Å²) in [6, 6.07) is 11.6. The van der Waals surface area contributed by atoms with E-state index in [1.165, 1.54) is 4.88 Å². The molecule has 0 radical (unpaired) electrons. The van der Waals surface area contributed by atoms with Crippen molar-refractivity contribution in [3.8, 4) is 10.4 Å². The van der Waals surface area contributed by atoms with Crippen molar-refractivity contribution in [1.29, 1.82) is 0 Å². The Kier molecular flexibility index (Phi) is 3.62. The van der Waals surface area contributed by atoms with Crippen molar-refractivity contribution >= 4 is 23.9 Å². The Morgan fingerprint density at radius 1 is 1.00 bits per heavy atom. The number of thiophene rings is 1. The maximum Gasteiger partial charge on any atom is 0.489 e. The minimum Gasteiger partial charge on any atom is -0.423 e. The first-order valence-electron chi connectivity index (χ1n) is 5.95. The molecule has 2 rings (SSSR count). The summed E-state index contributed by atoms with van der Waals surface area (Å²) < 4.78 is 0. The van der Waals surface area contributed by atoms with Crippen molar-refractivity contribution in [1.82, 2.24) is 0 Å². The lowest BCUT2D eigenvalue weighted by Gasteiger charge is -2.15. The van der Waals surface area contributed by atoms with E-state index in [1.54, 1.807) is 17.4 Å². The van der Waals surface area contributed by atoms with Gasteiger partial charge in [0.1, 0.15) is 0 Å². The number of hydrogen-bond donors (Lipinski definition) is 2. The van der Waals surface area contributed by atoms with Gasteiger partial charge in [-0.25, -0.2) is 0 Å². The summed E-state index contributed by atoms with van der Waals surface area (Å²) in [5.74, 6) is 0. The Balaban J connectivity index is 2.47. The van der Waals surface area contributed by atoms with E-state index >= 15 is 0 Å². The van der Waals surface area contributed by atoms with Crippen molar-refractivity contribution in [3.05, 3.63) is 41.3 Å². The first-order valence-corrected chi connectivity index (χ1v) is 6.77. The third-order valence-corrected chi connectivity index (χ3v) is 4.39. The van der Waals surface area contributed by atoms with Gasteiger partial charge in [-0.2, -0.15) is 0 Å². The summed E-state index contributed by atoms with van der Waals surface area (Å²) in [6.45, 7) is 6.53. The van der Waals surface area contributed by atoms with Gasteiger partial charge in [0.2, 0.25) is 0 Å². The molecule has 0 amide bonds. The SMILES string of the molecule is CC(C)(C)c1ccc(-c2ccccc2B(O)O)s1. The molecule has 2 N–H and O–H groups in total. The fourth-order valence-electron chi connectivity index (χ4n) is 1.83. The smallest absolute Gasteiger partial charge is 0.423 e. The van der Waals surface area contributed by atoms with E-state index in [1.807, 2.05) is 24.3 Å². The average molecular weight is 260 g/mol. The molecule has 1 heterocycles. The van der Waals surface area contributed by atoms with Crippen LogP contribution < -0.4 is 5.46 Å². The molecule has 0 atom stereocenters. The van der Waals surface area contributed by atoms with Crippen molar-refractivity contribution in [2.75, 3.05) is 0 Å². The number of rotatable bonds is 2. The van der Waals surface area contributed by atoms with E-state index in [4.69, 9.17) is 0 Å². The van der Waals surface area contributed by atoms with Gasteiger partial charge in [-0.3, -0.25) is 0 Å². The molecule has 0 aliphatic heterocycles. The number of benzene rings is 1. The lowest BCUT2D eigenvalue weighted by Crippen LogP contribution is -2.31. The van der Waals surface area contributed by atoms with Crippen LogP contribution in [-0.4, -0.2) is 17.2 Å². The molecule has 2 nitrogen and oxygen atoms in total. The van der Waals surface area contributed by atoms with Crippen LogP contribution in [0.25, 0.3) is 10.4 Å². The Labute approximate surface area is 112 Å². The molecule has 1 aromatic carbocycles. The molecular weight excluding hydrogens is 243 g/mol. The maximum atomic E-state index is 9.39. The molecule has 0 saturated carbocycles. The quantitative estimate of drug-likeness (QED) is 0.814. The lowest BCUT2D eigenvalue weighted by molar-refractivity contribution is 0.426. The molecule has 1 aromatic heterocycles. The zero-order valence-corrected chi connectivity index (χ0v) is 11.7. The molecule has 94 valence electrons. The fourth-order valence-corrected chi connectivity index (χ4v) is 2.94. The molecule has 2 aromatic rings. The number of hydrogen-bond acceptors (Lipinski definition) is 3. The molecule has 18 heavy (non-hydrogen) atoms. The van der Waals surface area contributed by atoms with Gasteiger partial charge in [0, 0.05) is 9.75 Å². The van der Waals surface area contributed by atoms with Crippen molar-refractivity contribution in [2.24, 2.45) is 0 Å². The van der Waals surface area contributed by atoms with Gasteiger partial charge in [0.25, 0.3) is 0 Å². The largest absolute Gasteiger partial charge is 0.489 e. The predicted molar refractivity (Wildman–Crippen MR) is 78.3 cm³/mol. The zero-order valence-electron chi connectivity index (χ0n) is 10.8. The second kappa shape index (κ2) is 4.88. The van der Waals surface area contributed by atoms with E-state index in [0.717, 1.165) is 10.4 Å². The molecule has 0 fully saturated rings. The monoisotopic (exact) mass is 260 g/mol. The Morgan fingerprint density at radius 2 is 1.67 bits per heavy atom. The van der Waals surface area contributed by atoms with Crippen molar-refractivity contribution < 1.29 is 10.0 Å². The average Bonchev–Trinajstić information content (AvgIpc) is 2.77. The maximum absolute atomic E-state index is 9.39. The van der Waals surface area contributed by atoms with Crippen LogP contribution in [0.5, 0.6) is 0 Å². The minimum atomic E-state index is -1.43. The molecule has 0 saturated heterocycles. The minimum absolute atomic E-state index is 0.121. The molecular formula is C14H17BO2S. The third-order valence-electron chi connectivity index (χ3n) is 2.85. The van der Waals surface area contributed by atoms with Gasteiger partial charge >= 0.3 is 7.12 Å².